The first-order valence-corrected chi connectivity index (χ1v) is 6.66. The number of carbonyl (C=O) groups is 1. The minimum atomic E-state index is -0.504. The number of carbonyl (C=O) groups excluding carboxylic acids is 1. The van der Waals surface area contributed by atoms with E-state index >= 15 is 0 Å². The molecule has 7 nitrogen and oxygen atoms in total. The van der Waals surface area contributed by atoms with Crippen LogP contribution >= 0.6 is 0 Å². The van der Waals surface area contributed by atoms with Crippen LogP contribution in [0.15, 0.2) is 36.9 Å². The number of aldehydes is 1. The van der Waals surface area contributed by atoms with Gasteiger partial charge in [-0.2, -0.15) is 5.10 Å². The summed E-state index contributed by atoms with van der Waals surface area (Å²) in [7, 11) is 0. The number of hydrogen-bond acceptors (Lipinski definition) is 5. The molecule has 0 unspecified atom stereocenters. The molecule has 0 aliphatic heterocycles. The number of ether oxygens (including phenoxy) is 1. The van der Waals surface area contributed by atoms with Crippen LogP contribution in [0.2, 0.25) is 0 Å². The molecule has 0 radical (unpaired) electrons. The molecule has 0 saturated carbocycles. The van der Waals surface area contributed by atoms with E-state index in [0.717, 1.165) is 0 Å². The highest BCUT2D eigenvalue weighted by Crippen LogP contribution is 2.32. The summed E-state index contributed by atoms with van der Waals surface area (Å²) in [6.07, 6.45) is 2.30. The molecule has 2 rings (SSSR count). The Labute approximate surface area is 127 Å². The molecule has 114 valence electrons. The number of allylic oxidation sites excluding steroid dienone is 1. The maximum Gasteiger partial charge on any atom is 0.311 e. The van der Waals surface area contributed by atoms with Gasteiger partial charge in [0.25, 0.3) is 0 Å². The summed E-state index contributed by atoms with van der Waals surface area (Å²) in [5, 5.41) is 15.4. The molecule has 22 heavy (non-hydrogen) atoms. The quantitative estimate of drug-likeness (QED) is 0.339. The molecule has 0 amide bonds. The van der Waals surface area contributed by atoms with Crippen LogP contribution in [0.1, 0.15) is 17.4 Å². The number of benzene rings is 1. The fraction of sp³-hybridized carbons (Fsp3) is 0.200. The number of aromatic nitrogens is 2. The SMILES string of the molecule is C=CCn1nc(-c2ccc(OCC)c([N+](=O)[O-])c2)cc1C=O. The largest absolute Gasteiger partial charge is 0.487 e. The molecule has 0 N–H and O–H groups in total. The van der Waals surface area contributed by atoms with Gasteiger partial charge in [-0.1, -0.05) is 6.08 Å². The maximum atomic E-state index is 11.1. The lowest BCUT2D eigenvalue weighted by Crippen LogP contribution is -2.02. The second kappa shape index (κ2) is 6.66. The summed E-state index contributed by atoms with van der Waals surface area (Å²) in [5.41, 5.74) is 1.27. The molecule has 0 aliphatic carbocycles. The predicted octanol–water partition coefficient (Wildman–Crippen LogP) is 2.86. The summed E-state index contributed by atoms with van der Waals surface area (Å²) >= 11 is 0. The molecule has 0 saturated heterocycles. The van der Waals surface area contributed by atoms with Gasteiger partial charge >= 0.3 is 5.69 Å². The van der Waals surface area contributed by atoms with Crippen LogP contribution in [0.4, 0.5) is 5.69 Å². The highest BCUT2D eigenvalue weighted by molar-refractivity contribution is 5.76. The molecular formula is C15H15N3O4. The Morgan fingerprint density at radius 1 is 1.45 bits per heavy atom. The van der Waals surface area contributed by atoms with Gasteiger partial charge in [-0.3, -0.25) is 19.6 Å². The van der Waals surface area contributed by atoms with E-state index in [1.807, 2.05) is 0 Å². The van der Waals surface area contributed by atoms with Crippen molar-refractivity contribution < 1.29 is 14.5 Å². The van der Waals surface area contributed by atoms with E-state index in [1.165, 1.54) is 16.8 Å². The summed E-state index contributed by atoms with van der Waals surface area (Å²) in [5.74, 6) is 0.206. The zero-order chi connectivity index (χ0) is 16.1. The van der Waals surface area contributed by atoms with Crippen molar-refractivity contribution in [1.82, 2.24) is 9.78 Å². The van der Waals surface area contributed by atoms with E-state index in [4.69, 9.17) is 4.74 Å². The monoisotopic (exact) mass is 301 g/mol. The average molecular weight is 301 g/mol. The number of hydrogen-bond donors (Lipinski definition) is 0. The number of rotatable bonds is 7. The van der Waals surface area contributed by atoms with Gasteiger partial charge in [-0.25, -0.2) is 0 Å². The molecule has 0 spiro atoms. The first-order chi connectivity index (χ1) is 10.6. The lowest BCUT2D eigenvalue weighted by atomic mass is 10.1. The molecule has 0 fully saturated rings. The molecule has 1 aromatic heterocycles. The second-order valence-corrected chi connectivity index (χ2v) is 4.42. The summed E-state index contributed by atoms with van der Waals surface area (Å²) in [6.45, 7) is 6.07. The van der Waals surface area contributed by atoms with E-state index in [1.54, 1.807) is 25.1 Å². The Morgan fingerprint density at radius 2 is 2.23 bits per heavy atom. The summed E-state index contributed by atoms with van der Waals surface area (Å²) < 4.78 is 6.72. The molecule has 1 aromatic carbocycles. The van der Waals surface area contributed by atoms with Crippen LogP contribution in [-0.2, 0) is 6.54 Å². The Morgan fingerprint density at radius 3 is 2.82 bits per heavy atom. The molecule has 1 heterocycles. The highest BCUT2D eigenvalue weighted by atomic mass is 16.6. The standard InChI is InChI=1S/C15H15N3O4/c1-3-7-17-12(10-19)9-13(16-17)11-5-6-15(22-4-2)14(8-11)18(20)21/h3,5-6,8-10H,1,4,7H2,2H3. The summed E-state index contributed by atoms with van der Waals surface area (Å²) in [6, 6.07) is 6.17. The van der Waals surface area contributed by atoms with Crippen molar-refractivity contribution in [3.63, 3.8) is 0 Å². The van der Waals surface area contributed by atoms with Gasteiger partial charge in [-0.15, -0.1) is 6.58 Å². The van der Waals surface area contributed by atoms with Gasteiger partial charge in [-0.05, 0) is 25.1 Å². The lowest BCUT2D eigenvalue weighted by molar-refractivity contribution is -0.385. The van der Waals surface area contributed by atoms with E-state index in [-0.39, 0.29) is 11.4 Å². The van der Waals surface area contributed by atoms with Gasteiger partial charge in [0.2, 0.25) is 0 Å². The van der Waals surface area contributed by atoms with Gasteiger partial charge in [0, 0.05) is 11.6 Å². The number of nitrogens with zero attached hydrogens (tertiary/aromatic N) is 3. The van der Waals surface area contributed by atoms with Gasteiger partial charge < -0.3 is 4.74 Å². The fourth-order valence-corrected chi connectivity index (χ4v) is 2.03. The van der Waals surface area contributed by atoms with E-state index < -0.39 is 4.92 Å². The van der Waals surface area contributed by atoms with Crippen molar-refractivity contribution in [2.24, 2.45) is 0 Å². The van der Waals surface area contributed by atoms with Crippen molar-refractivity contribution in [2.45, 2.75) is 13.5 Å². The van der Waals surface area contributed by atoms with Crippen molar-refractivity contribution >= 4 is 12.0 Å². The third-order valence-corrected chi connectivity index (χ3v) is 2.99. The number of nitro groups is 1. The maximum absolute atomic E-state index is 11.1. The van der Waals surface area contributed by atoms with Crippen LogP contribution in [0.5, 0.6) is 5.75 Å². The van der Waals surface area contributed by atoms with Crippen LogP contribution in [0, 0.1) is 10.1 Å². The molecule has 0 aliphatic rings. The van der Waals surface area contributed by atoms with E-state index in [0.29, 0.717) is 36.4 Å². The zero-order valence-corrected chi connectivity index (χ0v) is 12.1. The topological polar surface area (TPSA) is 87.3 Å². The van der Waals surface area contributed by atoms with Gasteiger partial charge in [0.15, 0.2) is 12.0 Å². The minimum Gasteiger partial charge on any atom is -0.487 e. The first-order valence-electron chi connectivity index (χ1n) is 6.66. The molecule has 7 heteroatoms. The normalized spacial score (nSPS) is 10.2. The third-order valence-electron chi connectivity index (χ3n) is 2.99. The van der Waals surface area contributed by atoms with E-state index in [2.05, 4.69) is 11.7 Å². The Hall–Kier alpha value is -2.96. The van der Waals surface area contributed by atoms with Crippen molar-refractivity contribution in [3.8, 4) is 17.0 Å². The zero-order valence-electron chi connectivity index (χ0n) is 12.1. The Bertz CT molecular complexity index is 722. The summed E-state index contributed by atoms with van der Waals surface area (Å²) in [4.78, 5) is 21.7. The van der Waals surface area contributed by atoms with Crippen molar-refractivity contribution in [3.05, 3.63) is 52.7 Å². The smallest absolute Gasteiger partial charge is 0.311 e. The van der Waals surface area contributed by atoms with Crippen LogP contribution in [0.25, 0.3) is 11.3 Å². The van der Waals surface area contributed by atoms with Crippen molar-refractivity contribution in [2.75, 3.05) is 6.61 Å². The van der Waals surface area contributed by atoms with Crippen LogP contribution < -0.4 is 4.74 Å². The fourth-order valence-electron chi connectivity index (χ4n) is 2.03. The minimum absolute atomic E-state index is 0.134. The van der Waals surface area contributed by atoms with Gasteiger partial charge in [0.05, 0.1) is 23.8 Å². The van der Waals surface area contributed by atoms with E-state index in [9.17, 15) is 14.9 Å². The predicted molar refractivity (Wildman–Crippen MR) is 81.1 cm³/mol. The van der Waals surface area contributed by atoms with Crippen LogP contribution in [-0.4, -0.2) is 27.6 Å². The Balaban J connectivity index is 2.48. The molecule has 0 atom stereocenters. The van der Waals surface area contributed by atoms with Gasteiger partial charge in [0.1, 0.15) is 5.69 Å². The average Bonchev–Trinajstić information content (AvgIpc) is 2.91. The molecule has 2 aromatic rings. The first kappa shape index (κ1) is 15.4. The highest BCUT2D eigenvalue weighted by Gasteiger charge is 2.18. The molecular weight excluding hydrogens is 286 g/mol. The second-order valence-electron chi connectivity index (χ2n) is 4.42. The molecule has 0 bridgehead atoms. The van der Waals surface area contributed by atoms with Crippen molar-refractivity contribution in [1.29, 1.82) is 0 Å². The Kier molecular flexibility index (Phi) is 4.67. The third kappa shape index (κ3) is 3.03. The lowest BCUT2D eigenvalue weighted by Gasteiger charge is -2.05. The number of nitro benzene ring substituents is 1. The van der Waals surface area contributed by atoms with Crippen LogP contribution in [0.3, 0.4) is 0 Å².